The third-order valence-corrected chi connectivity index (χ3v) is 24.6. The standard InChI is InChI=1S/C55H46N2.C54H44N2/c1-54(2,3)41-25-33-53-49(35-41)48-34-40(24-32-52(48)57(53)42-16-10-7-11-17-42)39-22-28-44(29-23-39)56(43-26-20-38(21-27-43)37-14-8-6-9-15-37)45-30-31-47-46-18-12-13-19-50(46)55(4,5)51(47)36-45;1-53(2,3)54(4)49-21-13-11-19-45(49)46-33-32-44(36-50(46)54)55(42-28-23-38(24-29-42)37-15-7-5-8-16-37)43-30-25-39(26-31-43)40-27-34-52-48(35-40)47-20-12-14-22-51(47)56(52)41-17-9-6-10-18-41/h6-36H,1-5H3;5-36H,1-4H3. The highest BCUT2D eigenvalue weighted by molar-refractivity contribution is 6.12. The lowest BCUT2D eigenvalue weighted by Gasteiger charge is -2.41. The van der Waals surface area contributed by atoms with Gasteiger partial charge in [0.15, 0.2) is 0 Å². The fourth-order valence-electron chi connectivity index (χ4n) is 18.2. The molecule has 0 saturated heterocycles. The normalized spacial score (nSPS) is 14.0. The van der Waals surface area contributed by atoms with E-state index < -0.39 is 0 Å². The van der Waals surface area contributed by atoms with Crippen LogP contribution in [-0.2, 0) is 16.2 Å². The number of fused-ring (bicyclic) bond motifs is 12. The molecule has 0 fully saturated rings. The molecule has 0 spiro atoms. The van der Waals surface area contributed by atoms with Crippen molar-refractivity contribution in [3.05, 3.63) is 410 Å². The third-order valence-electron chi connectivity index (χ3n) is 24.6. The van der Waals surface area contributed by atoms with E-state index in [1.807, 2.05) is 0 Å². The van der Waals surface area contributed by atoms with Crippen molar-refractivity contribution in [2.45, 2.75) is 78.6 Å². The molecular formula is C109H90N4. The van der Waals surface area contributed by atoms with E-state index in [4.69, 9.17) is 0 Å². The molecule has 16 aromatic carbocycles. The molecule has 0 amide bonds. The van der Waals surface area contributed by atoms with Gasteiger partial charge in [0.25, 0.3) is 0 Å². The number of rotatable bonds is 12. The van der Waals surface area contributed by atoms with Crippen LogP contribution in [0, 0.1) is 5.41 Å². The molecule has 0 radical (unpaired) electrons. The van der Waals surface area contributed by atoms with Crippen molar-refractivity contribution < 1.29 is 0 Å². The van der Waals surface area contributed by atoms with Crippen molar-refractivity contribution in [1.29, 1.82) is 0 Å². The topological polar surface area (TPSA) is 16.3 Å². The zero-order valence-electron chi connectivity index (χ0n) is 65.7. The van der Waals surface area contributed by atoms with Crippen LogP contribution in [0.25, 0.3) is 122 Å². The minimum Gasteiger partial charge on any atom is -0.310 e. The van der Waals surface area contributed by atoms with Crippen molar-refractivity contribution in [2.24, 2.45) is 5.41 Å². The number of para-hydroxylation sites is 3. The lowest BCUT2D eigenvalue weighted by molar-refractivity contribution is 0.255. The number of hydrogen-bond donors (Lipinski definition) is 0. The Kier molecular flexibility index (Phi) is 17.1. The van der Waals surface area contributed by atoms with Crippen LogP contribution in [0.15, 0.2) is 382 Å². The van der Waals surface area contributed by atoms with Gasteiger partial charge in [-0.05, 0) is 245 Å². The van der Waals surface area contributed by atoms with Gasteiger partial charge in [0.1, 0.15) is 0 Å². The van der Waals surface area contributed by atoms with Crippen LogP contribution < -0.4 is 9.80 Å². The Balaban J connectivity index is 0.000000152. The van der Waals surface area contributed by atoms with Crippen molar-refractivity contribution in [2.75, 3.05) is 9.80 Å². The van der Waals surface area contributed by atoms with Gasteiger partial charge in [-0.3, -0.25) is 0 Å². The fraction of sp³-hybridized carbons (Fsp3) is 0.119. The average molecular weight is 1460 g/mol. The molecule has 2 aliphatic rings. The van der Waals surface area contributed by atoms with Crippen LogP contribution in [-0.4, -0.2) is 9.13 Å². The molecule has 2 aliphatic carbocycles. The van der Waals surface area contributed by atoms with Gasteiger partial charge in [-0.15, -0.1) is 0 Å². The average Bonchev–Trinajstić information content (AvgIpc) is 1.56. The molecule has 20 rings (SSSR count). The predicted molar refractivity (Wildman–Crippen MR) is 480 cm³/mol. The highest BCUT2D eigenvalue weighted by atomic mass is 15.1. The molecule has 4 nitrogen and oxygen atoms in total. The van der Waals surface area contributed by atoms with Crippen LogP contribution in [0.1, 0.15) is 90.1 Å². The maximum absolute atomic E-state index is 2.45. The summed E-state index contributed by atoms with van der Waals surface area (Å²) in [6, 6.07) is 140. The van der Waals surface area contributed by atoms with Crippen LogP contribution in [0.4, 0.5) is 34.1 Å². The summed E-state index contributed by atoms with van der Waals surface area (Å²) < 4.78 is 4.78. The minimum absolute atomic E-state index is 0.00525. The summed E-state index contributed by atoms with van der Waals surface area (Å²) >= 11 is 0. The monoisotopic (exact) mass is 1450 g/mol. The van der Waals surface area contributed by atoms with E-state index in [2.05, 4.69) is 463 Å². The first-order chi connectivity index (χ1) is 54.9. The zero-order valence-corrected chi connectivity index (χ0v) is 65.7. The molecule has 546 valence electrons. The second-order valence-electron chi connectivity index (χ2n) is 33.4. The Bertz CT molecular complexity index is 6610. The second kappa shape index (κ2) is 27.6. The summed E-state index contributed by atoms with van der Waals surface area (Å²) in [4.78, 5) is 4.82. The van der Waals surface area contributed by atoms with Crippen LogP contribution in [0.3, 0.4) is 0 Å². The third kappa shape index (κ3) is 12.1. The number of hydrogen-bond acceptors (Lipinski definition) is 2. The van der Waals surface area contributed by atoms with E-state index in [9.17, 15) is 0 Å². The Labute approximate surface area is 664 Å². The van der Waals surface area contributed by atoms with E-state index in [1.165, 1.54) is 150 Å². The van der Waals surface area contributed by atoms with Gasteiger partial charge in [0, 0.05) is 77.9 Å². The quantitative estimate of drug-likeness (QED) is 0.121. The predicted octanol–water partition coefficient (Wildman–Crippen LogP) is 30.1. The summed E-state index contributed by atoms with van der Waals surface area (Å²) in [6.07, 6.45) is 0. The van der Waals surface area contributed by atoms with Gasteiger partial charge in [-0.2, -0.15) is 0 Å². The lowest BCUT2D eigenvalue weighted by Crippen LogP contribution is -2.36. The molecule has 4 heteroatoms. The summed E-state index contributed by atoms with van der Waals surface area (Å²) in [5.74, 6) is 0. The molecular weight excluding hydrogens is 1370 g/mol. The van der Waals surface area contributed by atoms with Gasteiger partial charge in [-0.1, -0.05) is 305 Å². The van der Waals surface area contributed by atoms with Crippen molar-refractivity contribution in [3.8, 4) is 78.1 Å². The molecule has 1 atom stereocenters. The van der Waals surface area contributed by atoms with Crippen molar-refractivity contribution >= 4 is 77.7 Å². The Hall–Kier alpha value is -13.3. The van der Waals surface area contributed by atoms with Gasteiger partial charge < -0.3 is 18.9 Å². The second-order valence-corrected chi connectivity index (χ2v) is 33.4. The number of nitrogens with zero attached hydrogens (tertiary/aromatic N) is 4. The fourth-order valence-corrected chi connectivity index (χ4v) is 18.2. The van der Waals surface area contributed by atoms with Crippen LogP contribution in [0.5, 0.6) is 0 Å². The summed E-state index contributed by atoms with van der Waals surface area (Å²) in [5, 5.41) is 5.07. The van der Waals surface area contributed by atoms with Crippen LogP contribution in [0.2, 0.25) is 0 Å². The number of anilines is 6. The SMILES string of the molecule is CC(C)(C)C1(C)c2ccccc2-c2ccc(N(c3ccc(-c4ccccc4)cc3)c3ccc(-c4ccc5c(c4)c4ccccc4n5-c4ccccc4)cc3)cc21.CC(C)(C)c1ccc2c(c1)c1cc(-c3ccc(N(c4ccc(-c5ccccc5)cc4)c4ccc5c(c4)C(C)(C)c4ccccc4-5)cc3)ccc1n2-c1ccccc1. The van der Waals surface area contributed by atoms with E-state index in [0.717, 1.165) is 34.1 Å². The van der Waals surface area contributed by atoms with Crippen molar-refractivity contribution in [3.63, 3.8) is 0 Å². The van der Waals surface area contributed by atoms with Gasteiger partial charge in [0.05, 0.1) is 22.1 Å². The van der Waals surface area contributed by atoms with Crippen LogP contribution >= 0.6 is 0 Å². The first-order valence-electron chi connectivity index (χ1n) is 39.8. The first kappa shape index (κ1) is 70.1. The van der Waals surface area contributed by atoms with Gasteiger partial charge in [-0.25, -0.2) is 0 Å². The number of aromatic nitrogens is 2. The Morgan fingerprint density at radius 2 is 0.549 bits per heavy atom. The Morgan fingerprint density at radius 3 is 1.01 bits per heavy atom. The maximum atomic E-state index is 2.45. The lowest BCUT2D eigenvalue weighted by atomic mass is 9.62. The first-order valence-corrected chi connectivity index (χ1v) is 39.8. The Morgan fingerprint density at radius 1 is 0.230 bits per heavy atom. The van der Waals surface area contributed by atoms with Crippen molar-refractivity contribution in [1.82, 2.24) is 9.13 Å². The highest BCUT2D eigenvalue weighted by Gasteiger charge is 2.48. The molecule has 0 aliphatic heterocycles. The molecule has 0 bridgehead atoms. The maximum Gasteiger partial charge on any atom is 0.0541 e. The van der Waals surface area contributed by atoms with Gasteiger partial charge in [0.2, 0.25) is 0 Å². The molecule has 113 heavy (non-hydrogen) atoms. The molecule has 18 aromatic rings. The van der Waals surface area contributed by atoms with E-state index in [-0.39, 0.29) is 21.7 Å². The molecule has 1 unspecified atom stereocenters. The molecule has 2 aromatic heterocycles. The smallest absolute Gasteiger partial charge is 0.0541 e. The minimum atomic E-state index is -0.149. The number of benzene rings is 16. The highest BCUT2D eigenvalue weighted by Crippen LogP contribution is 2.59. The van der Waals surface area contributed by atoms with E-state index >= 15 is 0 Å². The summed E-state index contributed by atoms with van der Waals surface area (Å²) in [6.45, 7) is 21.1. The van der Waals surface area contributed by atoms with Gasteiger partial charge >= 0.3 is 0 Å². The largest absolute Gasteiger partial charge is 0.310 e. The zero-order chi connectivity index (χ0) is 76.9. The van der Waals surface area contributed by atoms with E-state index in [0.29, 0.717) is 0 Å². The summed E-state index contributed by atoms with van der Waals surface area (Å²) in [7, 11) is 0. The van der Waals surface area contributed by atoms with E-state index in [1.54, 1.807) is 0 Å². The molecule has 0 saturated carbocycles. The molecule has 2 heterocycles. The molecule has 0 N–H and O–H groups in total. The summed E-state index contributed by atoms with van der Waals surface area (Å²) in [5.41, 5.74) is 35.7.